The van der Waals surface area contributed by atoms with Crippen LogP contribution in [0.2, 0.25) is 0 Å². The van der Waals surface area contributed by atoms with E-state index in [1.807, 2.05) is 60.7 Å². The molecule has 1 heterocycles. The number of methoxy groups -OCH3 is 2. The van der Waals surface area contributed by atoms with Gasteiger partial charge in [-0.2, -0.15) is 0 Å². The molecular formula is C25H28N2O4. The SMILES string of the molecule is COc1ccc(C(CNC(=O)c2cccc3ccccc23)N2CCOCC2)cc1OC. The number of fused-ring (bicyclic) bond motifs is 1. The van der Waals surface area contributed by atoms with Crippen molar-refractivity contribution in [2.75, 3.05) is 47.1 Å². The van der Waals surface area contributed by atoms with Gasteiger partial charge in [-0.15, -0.1) is 0 Å². The standard InChI is InChI=1S/C25H28N2O4/c1-29-23-11-10-19(16-24(23)30-2)22(27-12-14-31-15-13-27)17-26-25(28)21-9-5-7-18-6-3-4-8-20(18)21/h3-11,16,22H,12-15,17H2,1-2H3,(H,26,28). The van der Waals surface area contributed by atoms with Crippen LogP contribution in [0.4, 0.5) is 0 Å². The number of nitrogens with zero attached hydrogens (tertiary/aromatic N) is 1. The second-order valence-electron chi connectivity index (χ2n) is 7.52. The Balaban J connectivity index is 1.58. The molecule has 0 saturated carbocycles. The zero-order valence-corrected chi connectivity index (χ0v) is 18.0. The number of hydrogen-bond acceptors (Lipinski definition) is 5. The Bertz CT molecular complexity index is 1040. The summed E-state index contributed by atoms with van der Waals surface area (Å²) in [5.74, 6) is 1.29. The molecule has 1 amide bonds. The van der Waals surface area contributed by atoms with Crippen molar-refractivity contribution in [3.63, 3.8) is 0 Å². The van der Waals surface area contributed by atoms with Crippen LogP contribution in [-0.2, 0) is 4.74 Å². The van der Waals surface area contributed by atoms with Crippen molar-refractivity contribution in [3.05, 3.63) is 71.8 Å². The van der Waals surface area contributed by atoms with Crippen LogP contribution in [0.25, 0.3) is 10.8 Å². The van der Waals surface area contributed by atoms with Crippen LogP contribution in [0.1, 0.15) is 22.0 Å². The Morgan fingerprint density at radius 2 is 1.74 bits per heavy atom. The molecule has 1 N–H and O–H groups in total. The zero-order chi connectivity index (χ0) is 21.6. The van der Waals surface area contributed by atoms with E-state index >= 15 is 0 Å². The second-order valence-corrected chi connectivity index (χ2v) is 7.52. The fraction of sp³-hybridized carbons (Fsp3) is 0.320. The van der Waals surface area contributed by atoms with E-state index in [4.69, 9.17) is 14.2 Å². The number of carbonyl (C=O) groups excluding carboxylic acids is 1. The average Bonchev–Trinajstić information content (AvgIpc) is 2.84. The summed E-state index contributed by atoms with van der Waals surface area (Å²) in [5.41, 5.74) is 1.75. The van der Waals surface area contributed by atoms with Crippen molar-refractivity contribution >= 4 is 16.7 Å². The van der Waals surface area contributed by atoms with E-state index in [-0.39, 0.29) is 11.9 Å². The number of nitrogens with one attached hydrogen (secondary N) is 1. The van der Waals surface area contributed by atoms with E-state index in [0.717, 1.165) is 29.4 Å². The summed E-state index contributed by atoms with van der Waals surface area (Å²) in [6, 6.07) is 19.7. The lowest BCUT2D eigenvalue weighted by molar-refractivity contribution is 0.0162. The van der Waals surface area contributed by atoms with E-state index in [1.165, 1.54) is 0 Å². The highest BCUT2D eigenvalue weighted by Crippen LogP contribution is 2.32. The largest absolute Gasteiger partial charge is 0.493 e. The normalized spacial score (nSPS) is 15.4. The number of morpholine rings is 1. The molecule has 0 aromatic heterocycles. The summed E-state index contributed by atoms with van der Waals surface area (Å²) < 4.78 is 16.4. The molecule has 162 valence electrons. The molecule has 1 unspecified atom stereocenters. The van der Waals surface area contributed by atoms with Gasteiger partial charge in [-0.3, -0.25) is 9.69 Å². The maximum Gasteiger partial charge on any atom is 0.251 e. The zero-order valence-electron chi connectivity index (χ0n) is 18.0. The van der Waals surface area contributed by atoms with Gasteiger partial charge in [0.1, 0.15) is 0 Å². The molecule has 6 heteroatoms. The Hall–Kier alpha value is -3.09. The first-order chi connectivity index (χ1) is 15.2. The lowest BCUT2D eigenvalue weighted by Crippen LogP contribution is -2.43. The lowest BCUT2D eigenvalue weighted by atomic mass is 10.0. The summed E-state index contributed by atoms with van der Waals surface area (Å²) in [6.45, 7) is 3.46. The summed E-state index contributed by atoms with van der Waals surface area (Å²) >= 11 is 0. The van der Waals surface area contributed by atoms with Gasteiger partial charge < -0.3 is 19.5 Å². The number of rotatable bonds is 7. The van der Waals surface area contributed by atoms with Crippen LogP contribution in [0.3, 0.4) is 0 Å². The summed E-state index contributed by atoms with van der Waals surface area (Å²) in [5, 5.41) is 5.17. The minimum Gasteiger partial charge on any atom is -0.493 e. The third kappa shape index (κ3) is 4.65. The Kier molecular flexibility index (Phi) is 6.70. The second kappa shape index (κ2) is 9.81. The van der Waals surface area contributed by atoms with Crippen LogP contribution in [0.15, 0.2) is 60.7 Å². The van der Waals surface area contributed by atoms with Crippen molar-refractivity contribution in [3.8, 4) is 11.5 Å². The summed E-state index contributed by atoms with van der Waals surface area (Å²) in [4.78, 5) is 15.4. The van der Waals surface area contributed by atoms with Gasteiger partial charge in [0.25, 0.3) is 5.91 Å². The highest BCUT2D eigenvalue weighted by atomic mass is 16.5. The van der Waals surface area contributed by atoms with Gasteiger partial charge in [0, 0.05) is 25.2 Å². The van der Waals surface area contributed by atoms with Crippen molar-refractivity contribution in [2.45, 2.75) is 6.04 Å². The van der Waals surface area contributed by atoms with Gasteiger partial charge in [-0.25, -0.2) is 0 Å². The van der Waals surface area contributed by atoms with Crippen LogP contribution >= 0.6 is 0 Å². The smallest absolute Gasteiger partial charge is 0.251 e. The van der Waals surface area contributed by atoms with E-state index < -0.39 is 0 Å². The minimum absolute atomic E-state index is 0.00244. The fourth-order valence-electron chi connectivity index (χ4n) is 4.12. The molecular weight excluding hydrogens is 392 g/mol. The maximum atomic E-state index is 13.1. The molecule has 0 spiro atoms. The molecule has 0 bridgehead atoms. The molecule has 4 rings (SSSR count). The molecule has 1 atom stereocenters. The summed E-state index contributed by atoms with van der Waals surface area (Å²) in [6.07, 6.45) is 0. The van der Waals surface area contributed by atoms with Crippen LogP contribution in [0, 0.1) is 0 Å². The minimum atomic E-state index is -0.0736. The van der Waals surface area contributed by atoms with E-state index in [9.17, 15) is 4.79 Å². The van der Waals surface area contributed by atoms with E-state index in [2.05, 4.69) is 10.2 Å². The number of ether oxygens (including phenoxy) is 3. The topological polar surface area (TPSA) is 60.0 Å². The number of carbonyl (C=O) groups is 1. The Morgan fingerprint density at radius 3 is 2.52 bits per heavy atom. The molecule has 1 saturated heterocycles. The third-order valence-corrected chi connectivity index (χ3v) is 5.77. The molecule has 3 aromatic carbocycles. The van der Waals surface area contributed by atoms with Gasteiger partial charge in [0.15, 0.2) is 11.5 Å². The molecule has 1 aliphatic rings. The van der Waals surface area contributed by atoms with Crippen LogP contribution in [0.5, 0.6) is 11.5 Å². The quantitative estimate of drug-likeness (QED) is 0.632. The molecule has 1 fully saturated rings. The van der Waals surface area contributed by atoms with Crippen molar-refractivity contribution in [1.29, 1.82) is 0 Å². The molecule has 0 aliphatic carbocycles. The Morgan fingerprint density at radius 1 is 1.00 bits per heavy atom. The van der Waals surface area contributed by atoms with Gasteiger partial charge in [-0.1, -0.05) is 42.5 Å². The highest BCUT2D eigenvalue weighted by Gasteiger charge is 2.25. The number of amides is 1. The first kappa shape index (κ1) is 21.2. The molecule has 0 radical (unpaired) electrons. The first-order valence-corrected chi connectivity index (χ1v) is 10.5. The molecule has 6 nitrogen and oxygen atoms in total. The fourth-order valence-corrected chi connectivity index (χ4v) is 4.12. The van der Waals surface area contributed by atoms with Crippen molar-refractivity contribution in [1.82, 2.24) is 10.2 Å². The number of benzene rings is 3. The molecule has 1 aliphatic heterocycles. The van der Waals surface area contributed by atoms with E-state index in [1.54, 1.807) is 14.2 Å². The third-order valence-electron chi connectivity index (χ3n) is 5.77. The maximum absolute atomic E-state index is 13.1. The lowest BCUT2D eigenvalue weighted by Gasteiger charge is -2.35. The highest BCUT2D eigenvalue weighted by molar-refractivity contribution is 6.07. The molecule has 31 heavy (non-hydrogen) atoms. The van der Waals surface area contributed by atoms with Gasteiger partial charge in [0.2, 0.25) is 0 Å². The predicted octanol–water partition coefficient (Wildman–Crippen LogP) is 3.66. The predicted molar refractivity (Wildman–Crippen MR) is 121 cm³/mol. The van der Waals surface area contributed by atoms with Crippen LogP contribution < -0.4 is 14.8 Å². The molecule has 3 aromatic rings. The van der Waals surface area contributed by atoms with Crippen LogP contribution in [-0.4, -0.2) is 57.9 Å². The number of hydrogen-bond donors (Lipinski definition) is 1. The van der Waals surface area contributed by atoms with E-state index in [0.29, 0.717) is 36.8 Å². The van der Waals surface area contributed by atoms with Gasteiger partial charge in [-0.05, 0) is 34.5 Å². The van der Waals surface area contributed by atoms with Gasteiger partial charge >= 0.3 is 0 Å². The summed E-state index contributed by atoms with van der Waals surface area (Å²) in [7, 11) is 3.26. The Labute approximate surface area is 182 Å². The van der Waals surface area contributed by atoms with Gasteiger partial charge in [0.05, 0.1) is 33.5 Å². The monoisotopic (exact) mass is 420 g/mol. The average molecular weight is 421 g/mol. The van der Waals surface area contributed by atoms with Crippen molar-refractivity contribution < 1.29 is 19.0 Å². The van der Waals surface area contributed by atoms with Crippen molar-refractivity contribution in [2.24, 2.45) is 0 Å². The first-order valence-electron chi connectivity index (χ1n) is 10.5.